The van der Waals surface area contributed by atoms with Crippen molar-refractivity contribution in [3.05, 3.63) is 174 Å². The highest BCUT2D eigenvalue weighted by molar-refractivity contribution is 6.10. The number of fused-ring (bicyclic) bond motifs is 5. The lowest BCUT2D eigenvalue weighted by Crippen LogP contribution is -2.15. The number of hydrogen-bond acceptors (Lipinski definition) is 2. The van der Waals surface area contributed by atoms with Crippen molar-refractivity contribution in [3.8, 4) is 33.4 Å². The van der Waals surface area contributed by atoms with Gasteiger partial charge in [0.05, 0.1) is 5.69 Å². The largest absolute Gasteiger partial charge is 0.454 e. The molecular formula is C50H41NO. The van der Waals surface area contributed by atoms with Crippen molar-refractivity contribution in [2.45, 2.75) is 51.4 Å². The van der Waals surface area contributed by atoms with Crippen molar-refractivity contribution in [2.24, 2.45) is 0 Å². The van der Waals surface area contributed by atoms with E-state index < -0.39 is 0 Å². The number of rotatable bonds is 6. The maximum absolute atomic E-state index is 6.62. The van der Waals surface area contributed by atoms with Crippen molar-refractivity contribution in [2.75, 3.05) is 4.90 Å². The third-order valence-electron chi connectivity index (χ3n) is 11.5. The summed E-state index contributed by atoms with van der Waals surface area (Å²) in [5, 5.41) is 2.27. The van der Waals surface area contributed by atoms with E-state index in [4.69, 9.17) is 4.42 Å². The Labute approximate surface area is 306 Å². The highest BCUT2D eigenvalue weighted by atomic mass is 16.3. The van der Waals surface area contributed by atoms with Gasteiger partial charge in [-0.25, -0.2) is 0 Å². The first-order valence-corrected chi connectivity index (χ1v) is 19.0. The molecule has 8 aromatic rings. The minimum Gasteiger partial charge on any atom is -0.454 e. The van der Waals surface area contributed by atoms with E-state index in [-0.39, 0.29) is 0 Å². The van der Waals surface area contributed by atoms with Gasteiger partial charge < -0.3 is 9.32 Å². The second kappa shape index (κ2) is 13.0. The molecule has 2 nitrogen and oxygen atoms in total. The van der Waals surface area contributed by atoms with Crippen LogP contribution in [-0.2, 0) is 25.7 Å². The molecule has 0 aliphatic heterocycles. The Morgan fingerprint density at radius 1 is 0.365 bits per heavy atom. The summed E-state index contributed by atoms with van der Waals surface area (Å²) in [5.41, 5.74) is 19.7. The van der Waals surface area contributed by atoms with E-state index in [0.29, 0.717) is 0 Å². The maximum atomic E-state index is 6.62. The van der Waals surface area contributed by atoms with E-state index in [2.05, 4.69) is 150 Å². The van der Waals surface area contributed by atoms with E-state index in [1.54, 1.807) is 27.8 Å². The minimum absolute atomic E-state index is 0.902. The molecule has 2 aliphatic rings. The quantitative estimate of drug-likeness (QED) is 0.175. The summed E-state index contributed by atoms with van der Waals surface area (Å²) in [4.78, 5) is 2.37. The molecule has 2 aliphatic carbocycles. The van der Waals surface area contributed by atoms with Gasteiger partial charge in [0.15, 0.2) is 5.58 Å². The van der Waals surface area contributed by atoms with Gasteiger partial charge in [-0.2, -0.15) is 0 Å². The number of benzene rings is 7. The first kappa shape index (κ1) is 30.9. The molecule has 1 aromatic heterocycles. The van der Waals surface area contributed by atoms with Gasteiger partial charge in [0.1, 0.15) is 5.58 Å². The van der Waals surface area contributed by atoms with E-state index in [9.17, 15) is 0 Å². The van der Waals surface area contributed by atoms with Crippen molar-refractivity contribution in [3.63, 3.8) is 0 Å². The topological polar surface area (TPSA) is 16.4 Å². The number of furan rings is 1. The normalized spacial score (nSPS) is 13.9. The number of para-hydroxylation sites is 2. The molecule has 0 spiro atoms. The van der Waals surface area contributed by atoms with Crippen LogP contribution in [0.1, 0.15) is 47.9 Å². The van der Waals surface area contributed by atoms with Gasteiger partial charge in [-0.1, -0.05) is 115 Å². The Morgan fingerprint density at radius 2 is 0.808 bits per heavy atom. The molecule has 10 rings (SSSR count). The molecule has 2 heteroatoms. The Bertz CT molecular complexity index is 2510. The van der Waals surface area contributed by atoms with Crippen LogP contribution < -0.4 is 4.90 Å². The van der Waals surface area contributed by atoms with Crippen molar-refractivity contribution < 1.29 is 4.42 Å². The molecule has 0 saturated carbocycles. The molecule has 252 valence electrons. The van der Waals surface area contributed by atoms with Crippen LogP contribution in [0.2, 0.25) is 0 Å². The second-order valence-electron chi connectivity index (χ2n) is 14.5. The molecule has 52 heavy (non-hydrogen) atoms. The van der Waals surface area contributed by atoms with Gasteiger partial charge in [-0.3, -0.25) is 0 Å². The zero-order valence-electron chi connectivity index (χ0n) is 29.4. The Balaban J connectivity index is 1.13. The van der Waals surface area contributed by atoms with Crippen molar-refractivity contribution in [1.29, 1.82) is 0 Å². The fourth-order valence-corrected chi connectivity index (χ4v) is 9.13. The third kappa shape index (κ3) is 5.25. The lowest BCUT2D eigenvalue weighted by atomic mass is 9.73. The van der Waals surface area contributed by atoms with Crippen LogP contribution >= 0.6 is 0 Å². The van der Waals surface area contributed by atoms with Crippen LogP contribution in [0.3, 0.4) is 0 Å². The van der Waals surface area contributed by atoms with Crippen LogP contribution in [0, 0.1) is 0 Å². The highest BCUT2D eigenvalue weighted by Gasteiger charge is 2.28. The molecular weight excluding hydrogens is 631 g/mol. The summed E-state index contributed by atoms with van der Waals surface area (Å²) in [7, 11) is 0. The van der Waals surface area contributed by atoms with Crippen LogP contribution in [0.5, 0.6) is 0 Å². The van der Waals surface area contributed by atoms with Gasteiger partial charge in [0, 0.05) is 22.1 Å². The number of hydrogen-bond donors (Lipinski definition) is 0. The van der Waals surface area contributed by atoms with E-state index >= 15 is 0 Å². The highest BCUT2D eigenvalue weighted by Crippen LogP contribution is 2.47. The van der Waals surface area contributed by atoms with Gasteiger partial charge in [-0.05, 0) is 143 Å². The fraction of sp³-hybridized carbons (Fsp3) is 0.160. The maximum Gasteiger partial charge on any atom is 0.159 e. The van der Waals surface area contributed by atoms with Gasteiger partial charge in [0.2, 0.25) is 0 Å². The van der Waals surface area contributed by atoms with Crippen molar-refractivity contribution in [1.82, 2.24) is 0 Å². The molecule has 0 atom stereocenters. The summed E-state index contributed by atoms with van der Waals surface area (Å²) in [6.45, 7) is 0. The second-order valence-corrected chi connectivity index (χ2v) is 14.5. The molecule has 0 N–H and O–H groups in total. The molecule has 0 unspecified atom stereocenters. The van der Waals surface area contributed by atoms with E-state index in [1.165, 1.54) is 66.3 Å². The van der Waals surface area contributed by atoms with Gasteiger partial charge in [-0.15, -0.1) is 0 Å². The van der Waals surface area contributed by atoms with Crippen LogP contribution in [0.4, 0.5) is 17.1 Å². The zero-order chi connectivity index (χ0) is 34.4. The predicted molar refractivity (Wildman–Crippen MR) is 218 cm³/mol. The first-order valence-electron chi connectivity index (χ1n) is 19.0. The van der Waals surface area contributed by atoms with Crippen LogP contribution in [-0.4, -0.2) is 0 Å². The predicted octanol–water partition coefficient (Wildman–Crippen LogP) is 13.8. The molecule has 0 radical (unpaired) electrons. The van der Waals surface area contributed by atoms with Crippen molar-refractivity contribution >= 4 is 39.0 Å². The Morgan fingerprint density at radius 3 is 1.38 bits per heavy atom. The molecule has 0 saturated heterocycles. The number of nitrogens with zero attached hydrogens (tertiary/aromatic N) is 1. The summed E-state index contributed by atoms with van der Waals surface area (Å²) >= 11 is 0. The lowest BCUT2D eigenvalue weighted by Gasteiger charge is -2.32. The molecule has 0 bridgehead atoms. The smallest absolute Gasteiger partial charge is 0.159 e. The molecule has 0 amide bonds. The van der Waals surface area contributed by atoms with Crippen LogP contribution in [0.25, 0.3) is 55.3 Å². The minimum atomic E-state index is 0.902. The van der Waals surface area contributed by atoms with E-state index in [1.807, 2.05) is 6.07 Å². The average Bonchev–Trinajstić information content (AvgIpc) is 3.61. The molecule has 1 heterocycles. The SMILES string of the molecule is c1ccc(-c2ccc(N(c3ccc(-c4c5c(c(-c6ccccc6)c6c4CCCC6)CCCC5)cc3)c3cccc4c3oc3ccccc34)cc2)cc1. The lowest BCUT2D eigenvalue weighted by molar-refractivity contribution is 0.662. The summed E-state index contributed by atoms with van der Waals surface area (Å²) in [5.74, 6) is 0. The standard InChI is InChI=1S/C50H41NO/c1-3-14-34(15-4-1)35-26-30-38(31-27-35)51(46-24-13-23-45-40-18-11-12-25-47(40)52-50(45)46)39-32-28-37(29-33-39)49-43-21-9-7-19-41(43)48(36-16-5-2-6-17-36)42-20-8-10-22-44(42)49/h1-6,11-18,23-33H,7-10,19-22H2. The fourth-order valence-electron chi connectivity index (χ4n) is 9.13. The summed E-state index contributed by atoms with van der Waals surface area (Å²) < 4.78 is 6.62. The molecule has 7 aromatic carbocycles. The number of anilines is 3. The third-order valence-corrected chi connectivity index (χ3v) is 11.5. The summed E-state index contributed by atoms with van der Waals surface area (Å²) in [6, 6.07) is 55.1. The van der Waals surface area contributed by atoms with Gasteiger partial charge in [0.25, 0.3) is 0 Å². The monoisotopic (exact) mass is 671 g/mol. The Hall–Kier alpha value is -5.86. The van der Waals surface area contributed by atoms with Gasteiger partial charge >= 0.3 is 0 Å². The Kier molecular flexibility index (Phi) is 7.75. The average molecular weight is 672 g/mol. The first-order chi connectivity index (χ1) is 25.8. The zero-order valence-corrected chi connectivity index (χ0v) is 29.4. The summed E-state index contributed by atoms with van der Waals surface area (Å²) in [6.07, 6.45) is 9.74. The molecule has 0 fully saturated rings. The van der Waals surface area contributed by atoms with Crippen LogP contribution in [0.15, 0.2) is 156 Å². The van der Waals surface area contributed by atoms with E-state index in [0.717, 1.165) is 51.8 Å².